The summed E-state index contributed by atoms with van der Waals surface area (Å²) in [5.74, 6) is -0.358. The van der Waals surface area contributed by atoms with Crippen molar-refractivity contribution in [1.29, 1.82) is 0 Å². The summed E-state index contributed by atoms with van der Waals surface area (Å²) in [6, 6.07) is 18.6. The molecule has 0 saturated carbocycles. The summed E-state index contributed by atoms with van der Waals surface area (Å²) in [6.07, 6.45) is 1.59. The number of likely N-dealkylation sites (tertiary alicyclic amines) is 1. The molecule has 0 radical (unpaired) electrons. The van der Waals surface area contributed by atoms with Crippen LogP contribution in [0.4, 0.5) is 5.69 Å². The second kappa shape index (κ2) is 13.3. The fourth-order valence-electron chi connectivity index (χ4n) is 6.04. The predicted octanol–water partition coefficient (Wildman–Crippen LogP) is 5.05. The highest BCUT2D eigenvalue weighted by molar-refractivity contribution is 5.94. The van der Waals surface area contributed by atoms with Gasteiger partial charge in [-0.3, -0.25) is 14.5 Å². The van der Waals surface area contributed by atoms with Crippen molar-refractivity contribution in [3.63, 3.8) is 0 Å². The summed E-state index contributed by atoms with van der Waals surface area (Å²) >= 11 is 0. The highest BCUT2D eigenvalue weighted by Gasteiger charge is 2.48. The van der Waals surface area contributed by atoms with Crippen LogP contribution in [-0.2, 0) is 27.2 Å². The van der Waals surface area contributed by atoms with Gasteiger partial charge in [0.05, 0.1) is 19.1 Å². The Hall–Kier alpha value is -4.08. The number of amides is 1. The molecule has 1 fully saturated rings. The SMILES string of the molecule is CCc1cccc(CC)c1NC(=O)CN1C[C@H](c2ccc3c(c2)OCO3)[C@H](C(=O)O)[C@H]1c1ccc(OCCOC)cc1. The van der Waals surface area contributed by atoms with Gasteiger partial charge >= 0.3 is 5.97 Å². The van der Waals surface area contributed by atoms with Crippen LogP contribution < -0.4 is 19.5 Å². The fourth-order valence-corrected chi connectivity index (χ4v) is 6.04. The van der Waals surface area contributed by atoms with Gasteiger partial charge in [-0.15, -0.1) is 0 Å². The van der Waals surface area contributed by atoms with Gasteiger partial charge in [0.1, 0.15) is 12.4 Å². The number of hydrogen-bond acceptors (Lipinski definition) is 7. The van der Waals surface area contributed by atoms with Gasteiger partial charge < -0.3 is 29.4 Å². The van der Waals surface area contributed by atoms with Crippen LogP contribution in [0.1, 0.15) is 48.1 Å². The zero-order chi connectivity index (χ0) is 29.6. The normalized spacial score (nSPS) is 19.5. The first-order valence-corrected chi connectivity index (χ1v) is 14.4. The third-order valence-electron chi connectivity index (χ3n) is 8.10. The number of nitrogens with one attached hydrogen (secondary N) is 1. The molecule has 1 amide bonds. The number of aliphatic carboxylic acids is 1. The maximum Gasteiger partial charge on any atom is 0.309 e. The lowest BCUT2D eigenvalue weighted by atomic mass is 9.82. The van der Waals surface area contributed by atoms with E-state index in [2.05, 4.69) is 19.2 Å². The first kappa shape index (κ1) is 29.4. The molecule has 0 bridgehead atoms. The van der Waals surface area contributed by atoms with Gasteiger partial charge in [0.2, 0.25) is 12.7 Å². The number of hydrogen-bond donors (Lipinski definition) is 2. The van der Waals surface area contributed by atoms with E-state index >= 15 is 0 Å². The van der Waals surface area contributed by atoms with Gasteiger partial charge in [-0.25, -0.2) is 0 Å². The first-order valence-electron chi connectivity index (χ1n) is 14.4. The number of para-hydroxylation sites is 1. The number of ether oxygens (including phenoxy) is 4. The number of methoxy groups -OCH3 is 1. The second-order valence-corrected chi connectivity index (χ2v) is 10.6. The van der Waals surface area contributed by atoms with Crippen molar-refractivity contribution in [1.82, 2.24) is 4.90 Å². The van der Waals surface area contributed by atoms with Gasteiger partial charge in [0, 0.05) is 31.3 Å². The van der Waals surface area contributed by atoms with Gasteiger partial charge in [0.15, 0.2) is 11.5 Å². The minimum absolute atomic E-state index is 0.0444. The van der Waals surface area contributed by atoms with Crippen LogP contribution in [0.15, 0.2) is 60.7 Å². The minimum atomic E-state index is -0.921. The molecule has 9 heteroatoms. The molecule has 0 aliphatic carbocycles. The Morgan fingerprint density at radius 2 is 1.64 bits per heavy atom. The summed E-state index contributed by atoms with van der Waals surface area (Å²) in [6.45, 7) is 5.58. The average Bonchev–Trinajstić information content (AvgIpc) is 3.62. The lowest BCUT2D eigenvalue weighted by molar-refractivity contribution is -0.143. The van der Waals surface area contributed by atoms with E-state index in [4.69, 9.17) is 18.9 Å². The number of aryl methyl sites for hydroxylation is 2. The molecule has 5 rings (SSSR count). The number of benzene rings is 3. The number of nitrogens with zero attached hydrogens (tertiary/aromatic N) is 1. The summed E-state index contributed by atoms with van der Waals surface area (Å²) in [4.78, 5) is 28.5. The largest absolute Gasteiger partial charge is 0.491 e. The summed E-state index contributed by atoms with van der Waals surface area (Å²) in [5.41, 5.74) is 4.64. The third kappa shape index (κ3) is 6.22. The third-order valence-corrected chi connectivity index (χ3v) is 8.10. The van der Waals surface area contributed by atoms with Gasteiger partial charge in [-0.2, -0.15) is 0 Å². The number of fused-ring (bicyclic) bond motifs is 1. The van der Waals surface area contributed by atoms with E-state index < -0.39 is 17.9 Å². The molecule has 0 unspecified atom stereocenters. The topological polar surface area (TPSA) is 107 Å². The zero-order valence-corrected chi connectivity index (χ0v) is 24.3. The van der Waals surface area contributed by atoms with Crippen molar-refractivity contribution in [3.05, 3.63) is 82.9 Å². The number of rotatable bonds is 12. The summed E-state index contributed by atoms with van der Waals surface area (Å²) in [7, 11) is 1.61. The van der Waals surface area contributed by atoms with E-state index in [1.165, 1.54) is 0 Å². The van der Waals surface area contributed by atoms with Crippen LogP contribution in [0.2, 0.25) is 0 Å². The Morgan fingerprint density at radius 3 is 2.31 bits per heavy atom. The van der Waals surface area contributed by atoms with Crippen molar-refractivity contribution in [3.8, 4) is 17.2 Å². The quantitative estimate of drug-likeness (QED) is 0.290. The van der Waals surface area contributed by atoms with Crippen LogP contribution in [0, 0.1) is 5.92 Å². The second-order valence-electron chi connectivity index (χ2n) is 10.6. The molecule has 0 spiro atoms. The van der Waals surface area contributed by atoms with E-state index in [1.54, 1.807) is 7.11 Å². The summed E-state index contributed by atoms with van der Waals surface area (Å²) in [5, 5.41) is 13.7. The lowest BCUT2D eigenvalue weighted by Crippen LogP contribution is -2.35. The van der Waals surface area contributed by atoms with Crippen molar-refractivity contribution in [2.45, 2.75) is 38.6 Å². The number of carbonyl (C=O) groups is 2. The Balaban J connectivity index is 1.46. The number of carboxylic acids is 1. The van der Waals surface area contributed by atoms with Crippen LogP contribution in [0.5, 0.6) is 17.2 Å². The molecular weight excluding hydrogens is 536 g/mol. The van der Waals surface area contributed by atoms with Crippen molar-refractivity contribution in [2.24, 2.45) is 5.92 Å². The van der Waals surface area contributed by atoms with Gasteiger partial charge in [0.25, 0.3) is 0 Å². The molecule has 2 heterocycles. The van der Waals surface area contributed by atoms with E-state index in [9.17, 15) is 14.7 Å². The van der Waals surface area contributed by atoms with Crippen molar-refractivity contribution in [2.75, 3.05) is 45.5 Å². The number of carboxylic acid groups (broad SMARTS) is 1. The highest BCUT2D eigenvalue weighted by atomic mass is 16.7. The number of anilines is 1. The van der Waals surface area contributed by atoms with Crippen LogP contribution in [0.3, 0.4) is 0 Å². The Bertz CT molecular complexity index is 1390. The molecule has 2 aliphatic rings. The van der Waals surface area contributed by atoms with Crippen molar-refractivity contribution >= 4 is 17.6 Å². The molecule has 2 aliphatic heterocycles. The molecule has 9 nitrogen and oxygen atoms in total. The molecule has 1 saturated heterocycles. The first-order chi connectivity index (χ1) is 20.4. The minimum Gasteiger partial charge on any atom is -0.491 e. The zero-order valence-electron chi connectivity index (χ0n) is 24.3. The summed E-state index contributed by atoms with van der Waals surface area (Å²) < 4.78 is 21.9. The molecule has 3 atom stereocenters. The predicted molar refractivity (Wildman–Crippen MR) is 158 cm³/mol. The molecule has 42 heavy (non-hydrogen) atoms. The van der Waals surface area contributed by atoms with E-state index in [0.717, 1.165) is 40.8 Å². The van der Waals surface area contributed by atoms with E-state index in [1.807, 2.05) is 65.6 Å². The fraction of sp³-hybridized carbons (Fsp3) is 0.394. The maximum atomic E-state index is 13.6. The number of carbonyl (C=O) groups excluding carboxylic acids is 1. The Morgan fingerprint density at radius 1 is 0.952 bits per heavy atom. The molecule has 0 aromatic heterocycles. The molecule has 2 N–H and O–H groups in total. The van der Waals surface area contributed by atoms with Crippen LogP contribution >= 0.6 is 0 Å². The molecular formula is C33H38N2O7. The molecule has 222 valence electrons. The smallest absolute Gasteiger partial charge is 0.309 e. The monoisotopic (exact) mass is 574 g/mol. The molecule has 3 aromatic rings. The van der Waals surface area contributed by atoms with Crippen LogP contribution in [0.25, 0.3) is 0 Å². The Labute approximate surface area is 246 Å². The van der Waals surface area contributed by atoms with E-state index in [0.29, 0.717) is 37.0 Å². The van der Waals surface area contributed by atoms with E-state index in [-0.39, 0.29) is 25.2 Å². The van der Waals surface area contributed by atoms with Gasteiger partial charge in [-0.05, 0) is 59.4 Å². The molecule has 3 aromatic carbocycles. The standard InChI is InChI=1S/C33H38N2O7/c1-4-21-7-6-8-22(5-2)31(21)34-29(36)19-35-18-26(24-11-14-27-28(17-24)42-20-41-27)30(33(37)38)32(35)23-9-12-25(13-10-23)40-16-15-39-3/h6-14,17,26,30,32H,4-5,15-16,18-20H2,1-3H3,(H,34,36)(H,37,38)/t26-,30+,32-/m1/s1. The lowest BCUT2D eigenvalue weighted by Gasteiger charge is -2.27. The maximum absolute atomic E-state index is 13.6. The Kier molecular flexibility index (Phi) is 9.29. The van der Waals surface area contributed by atoms with Crippen molar-refractivity contribution < 1.29 is 33.6 Å². The highest BCUT2D eigenvalue weighted by Crippen LogP contribution is 2.47. The average molecular weight is 575 g/mol. The van der Waals surface area contributed by atoms with Crippen LogP contribution in [-0.4, -0.2) is 62.1 Å². The van der Waals surface area contributed by atoms with Gasteiger partial charge in [-0.1, -0.05) is 50.2 Å².